The monoisotopic (exact) mass is 247 g/mol. The van der Waals surface area contributed by atoms with Crippen LogP contribution in [-0.4, -0.2) is 33.0 Å². The third-order valence-electron chi connectivity index (χ3n) is 3.34. The first-order valence-corrected chi connectivity index (χ1v) is 8.26. The van der Waals surface area contributed by atoms with Crippen LogP contribution in [0.3, 0.4) is 0 Å². The van der Waals surface area contributed by atoms with Crippen LogP contribution in [0.2, 0.25) is 0 Å². The molecule has 0 bridgehead atoms. The molecule has 0 aromatic carbocycles. The summed E-state index contributed by atoms with van der Waals surface area (Å²) < 4.78 is 22.9. The maximum atomic E-state index is 11.4. The molecule has 0 heterocycles. The average Bonchev–Trinajstić information content (AvgIpc) is 2.59. The fourth-order valence-electron chi connectivity index (χ4n) is 2.46. The van der Waals surface area contributed by atoms with Crippen molar-refractivity contribution in [2.24, 2.45) is 11.8 Å². The Labute approximate surface area is 99.9 Å². The van der Waals surface area contributed by atoms with Crippen molar-refractivity contribution in [3.8, 4) is 0 Å². The Balaban J connectivity index is 2.08. The van der Waals surface area contributed by atoms with Gasteiger partial charge in [-0.25, -0.2) is 8.42 Å². The van der Waals surface area contributed by atoms with Crippen molar-refractivity contribution in [3.63, 3.8) is 0 Å². The van der Waals surface area contributed by atoms with Gasteiger partial charge in [0.05, 0.1) is 5.75 Å². The first-order chi connectivity index (χ1) is 7.53. The summed E-state index contributed by atoms with van der Waals surface area (Å²) in [5, 5.41) is 3.28. The van der Waals surface area contributed by atoms with Gasteiger partial charge in [-0.15, -0.1) is 0 Å². The molecule has 1 rings (SSSR count). The molecule has 96 valence electrons. The quantitative estimate of drug-likeness (QED) is 0.698. The molecule has 1 aliphatic carbocycles. The average molecular weight is 247 g/mol. The van der Waals surface area contributed by atoms with Crippen molar-refractivity contribution in [1.82, 2.24) is 5.32 Å². The summed E-state index contributed by atoms with van der Waals surface area (Å²) in [6, 6.07) is 0. The summed E-state index contributed by atoms with van der Waals surface area (Å²) in [4.78, 5) is 0. The number of hydrogen-bond acceptors (Lipinski definition) is 3. The minimum atomic E-state index is -2.80. The second kappa shape index (κ2) is 6.60. The Bertz CT molecular complexity index is 287. The maximum absolute atomic E-state index is 11.4. The van der Waals surface area contributed by atoms with Gasteiger partial charge in [-0.3, -0.25) is 0 Å². The van der Waals surface area contributed by atoms with E-state index < -0.39 is 9.84 Å². The molecular formula is C12H25NO2S. The summed E-state index contributed by atoms with van der Waals surface area (Å²) in [5.74, 6) is 2.25. The van der Waals surface area contributed by atoms with E-state index in [2.05, 4.69) is 12.2 Å². The molecule has 3 nitrogen and oxygen atoms in total. The molecule has 4 heteroatoms. The second-order valence-corrected chi connectivity index (χ2v) is 7.44. The van der Waals surface area contributed by atoms with Gasteiger partial charge in [0.15, 0.2) is 9.84 Å². The lowest BCUT2D eigenvalue weighted by Gasteiger charge is -2.11. The largest absolute Gasteiger partial charge is 0.315 e. The topological polar surface area (TPSA) is 46.2 Å². The molecule has 0 aliphatic heterocycles. The smallest absolute Gasteiger partial charge is 0.151 e. The lowest BCUT2D eigenvalue weighted by Crippen LogP contribution is -2.28. The van der Waals surface area contributed by atoms with E-state index in [4.69, 9.17) is 0 Å². The number of hydrogen-bond donors (Lipinski definition) is 1. The van der Waals surface area contributed by atoms with Gasteiger partial charge in [-0.05, 0) is 37.6 Å². The van der Waals surface area contributed by atoms with E-state index in [0.717, 1.165) is 24.8 Å². The normalized spacial score (nSPS) is 26.1. The highest BCUT2D eigenvalue weighted by molar-refractivity contribution is 7.91. The van der Waals surface area contributed by atoms with Gasteiger partial charge in [0, 0.05) is 12.3 Å². The van der Waals surface area contributed by atoms with E-state index in [-0.39, 0.29) is 0 Å². The van der Waals surface area contributed by atoms with Gasteiger partial charge in [-0.2, -0.15) is 0 Å². The van der Waals surface area contributed by atoms with Crippen molar-refractivity contribution in [2.75, 3.05) is 24.6 Å². The molecule has 2 atom stereocenters. The van der Waals surface area contributed by atoms with Gasteiger partial charge >= 0.3 is 0 Å². The molecule has 0 amide bonds. The summed E-state index contributed by atoms with van der Waals surface area (Å²) >= 11 is 0. The lowest BCUT2D eigenvalue weighted by molar-refractivity contribution is 0.477. The van der Waals surface area contributed by atoms with Crippen LogP contribution in [0.4, 0.5) is 0 Å². The Morgan fingerprint density at radius 1 is 1.25 bits per heavy atom. The van der Waals surface area contributed by atoms with Crippen LogP contribution in [0.15, 0.2) is 0 Å². The van der Waals surface area contributed by atoms with E-state index >= 15 is 0 Å². The fraction of sp³-hybridized carbons (Fsp3) is 1.00. The molecule has 0 aromatic rings. The number of nitrogens with one attached hydrogen (secondary N) is 1. The van der Waals surface area contributed by atoms with Crippen molar-refractivity contribution in [1.29, 1.82) is 0 Å². The van der Waals surface area contributed by atoms with Gasteiger partial charge < -0.3 is 5.32 Å². The highest BCUT2D eigenvalue weighted by atomic mass is 32.2. The third-order valence-corrected chi connectivity index (χ3v) is 5.20. The standard InChI is InChI=1S/C12H25NO2S/c1-3-7-16(14,15)8-6-13-10-12-5-4-11(2)9-12/h11-13H,3-10H2,1-2H3. The highest BCUT2D eigenvalue weighted by Gasteiger charge is 2.20. The van der Waals surface area contributed by atoms with Crippen molar-refractivity contribution >= 4 is 9.84 Å². The summed E-state index contributed by atoms with van der Waals surface area (Å²) in [5.41, 5.74) is 0. The third kappa shape index (κ3) is 5.30. The molecule has 1 saturated carbocycles. The summed E-state index contributed by atoms with van der Waals surface area (Å²) in [6.45, 7) is 5.82. The number of rotatable bonds is 7. The Morgan fingerprint density at radius 2 is 2.00 bits per heavy atom. The zero-order chi connectivity index (χ0) is 12.0. The Kier molecular flexibility index (Phi) is 5.76. The van der Waals surface area contributed by atoms with Crippen LogP contribution in [0.1, 0.15) is 39.5 Å². The zero-order valence-corrected chi connectivity index (χ0v) is 11.4. The molecule has 2 unspecified atom stereocenters. The summed E-state index contributed by atoms with van der Waals surface area (Å²) in [7, 11) is -2.80. The molecule has 1 aliphatic rings. The molecule has 0 saturated heterocycles. The highest BCUT2D eigenvalue weighted by Crippen LogP contribution is 2.29. The van der Waals surface area contributed by atoms with Crippen LogP contribution in [0.25, 0.3) is 0 Å². The Morgan fingerprint density at radius 3 is 2.56 bits per heavy atom. The van der Waals surface area contributed by atoms with E-state index in [9.17, 15) is 8.42 Å². The van der Waals surface area contributed by atoms with Gasteiger partial charge in [-0.1, -0.05) is 20.3 Å². The number of sulfone groups is 1. The molecule has 0 radical (unpaired) electrons. The molecule has 16 heavy (non-hydrogen) atoms. The van der Waals surface area contributed by atoms with Gasteiger partial charge in [0.1, 0.15) is 0 Å². The molecular weight excluding hydrogens is 222 g/mol. The van der Waals surface area contributed by atoms with E-state index in [1.54, 1.807) is 0 Å². The fourth-order valence-corrected chi connectivity index (χ4v) is 3.74. The zero-order valence-electron chi connectivity index (χ0n) is 10.5. The SMILES string of the molecule is CCCS(=O)(=O)CCNCC1CCC(C)C1. The predicted octanol–water partition coefficient (Wildman–Crippen LogP) is 1.84. The first kappa shape index (κ1) is 14.0. The molecule has 0 spiro atoms. The Hall–Kier alpha value is -0.0900. The van der Waals surface area contributed by atoms with Crippen molar-refractivity contribution in [3.05, 3.63) is 0 Å². The van der Waals surface area contributed by atoms with Crippen molar-refractivity contribution in [2.45, 2.75) is 39.5 Å². The van der Waals surface area contributed by atoms with Crippen LogP contribution in [0, 0.1) is 11.8 Å². The van der Waals surface area contributed by atoms with Crippen LogP contribution in [-0.2, 0) is 9.84 Å². The first-order valence-electron chi connectivity index (χ1n) is 6.44. The van der Waals surface area contributed by atoms with Gasteiger partial charge in [0.25, 0.3) is 0 Å². The molecule has 1 N–H and O–H groups in total. The predicted molar refractivity (Wildman–Crippen MR) is 68.3 cm³/mol. The minimum absolute atomic E-state index is 0.295. The van der Waals surface area contributed by atoms with Crippen molar-refractivity contribution < 1.29 is 8.42 Å². The molecule has 0 aromatic heterocycles. The van der Waals surface area contributed by atoms with Crippen LogP contribution < -0.4 is 5.32 Å². The lowest BCUT2D eigenvalue weighted by atomic mass is 10.1. The minimum Gasteiger partial charge on any atom is -0.315 e. The van der Waals surface area contributed by atoms with E-state index in [1.165, 1.54) is 19.3 Å². The van der Waals surface area contributed by atoms with E-state index in [1.807, 2.05) is 6.92 Å². The summed E-state index contributed by atoms with van der Waals surface area (Å²) in [6.07, 6.45) is 4.66. The van der Waals surface area contributed by atoms with Crippen LogP contribution in [0.5, 0.6) is 0 Å². The molecule has 1 fully saturated rings. The van der Waals surface area contributed by atoms with E-state index in [0.29, 0.717) is 18.1 Å². The van der Waals surface area contributed by atoms with Gasteiger partial charge in [0.2, 0.25) is 0 Å². The van der Waals surface area contributed by atoms with Crippen LogP contribution >= 0.6 is 0 Å². The second-order valence-electron chi connectivity index (χ2n) is 5.14. The maximum Gasteiger partial charge on any atom is 0.151 e.